The van der Waals surface area contributed by atoms with Crippen molar-refractivity contribution in [2.75, 3.05) is 19.7 Å². The van der Waals surface area contributed by atoms with E-state index in [-0.39, 0.29) is 6.04 Å². The van der Waals surface area contributed by atoms with E-state index in [4.69, 9.17) is 17.0 Å². The van der Waals surface area contributed by atoms with Gasteiger partial charge in [-0.25, -0.2) is 0 Å². The van der Waals surface area contributed by atoms with Crippen LogP contribution in [0.5, 0.6) is 0 Å². The summed E-state index contributed by atoms with van der Waals surface area (Å²) in [5, 5.41) is 5.61. The molecule has 0 aliphatic carbocycles. The average Bonchev–Trinajstić information content (AvgIpc) is 3.21. The number of thiocarbonyl (C=S) groups is 1. The summed E-state index contributed by atoms with van der Waals surface area (Å²) in [6.45, 7) is 4.90. The largest absolute Gasteiger partial charge is 0.376 e. The van der Waals surface area contributed by atoms with Crippen LogP contribution >= 0.6 is 12.2 Å². The number of hydrogen-bond donors (Lipinski definition) is 2. The van der Waals surface area contributed by atoms with Crippen LogP contribution in [0, 0.1) is 0 Å². The van der Waals surface area contributed by atoms with Crippen LogP contribution in [-0.4, -0.2) is 40.8 Å². The molecule has 2 atom stereocenters. The van der Waals surface area contributed by atoms with Gasteiger partial charge in [0, 0.05) is 36.3 Å². The van der Waals surface area contributed by atoms with Crippen LogP contribution in [0.25, 0.3) is 10.9 Å². The number of nitrogens with one attached hydrogen (secondary N) is 2. The van der Waals surface area contributed by atoms with Gasteiger partial charge >= 0.3 is 0 Å². The Labute approximate surface area is 142 Å². The van der Waals surface area contributed by atoms with E-state index in [1.165, 1.54) is 22.2 Å². The van der Waals surface area contributed by atoms with Crippen molar-refractivity contribution in [3.8, 4) is 0 Å². The molecule has 5 heteroatoms. The molecular weight excluding hydrogens is 306 g/mol. The molecule has 1 fully saturated rings. The van der Waals surface area contributed by atoms with Crippen LogP contribution < -0.4 is 5.32 Å². The Balaban J connectivity index is 1.50. The zero-order chi connectivity index (χ0) is 15.8. The monoisotopic (exact) mass is 329 g/mol. The van der Waals surface area contributed by atoms with E-state index in [1.54, 1.807) is 0 Å². The highest BCUT2D eigenvalue weighted by molar-refractivity contribution is 7.80. The molecule has 1 aromatic heterocycles. The maximum Gasteiger partial charge on any atom is 0.169 e. The Morgan fingerprint density at radius 1 is 1.43 bits per heavy atom. The maximum absolute atomic E-state index is 5.67. The molecule has 1 aromatic carbocycles. The second-order valence-electron chi connectivity index (χ2n) is 6.50. The Hall–Kier alpha value is -1.59. The molecule has 0 saturated carbocycles. The van der Waals surface area contributed by atoms with Gasteiger partial charge in [0.1, 0.15) is 0 Å². The number of benzene rings is 1. The highest BCUT2D eigenvalue weighted by Crippen LogP contribution is 2.34. The second-order valence-corrected chi connectivity index (χ2v) is 6.89. The zero-order valence-corrected chi connectivity index (χ0v) is 14.3. The van der Waals surface area contributed by atoms with Crippen molar-refractivity contribution in [1.82, 2.24) is 15.2 Å². The molecular formula is C18H23N3OS. The SMILES string of the molecule is C[C@@H]1c2[nH]c3ccccc3c2CCN1C(=S)NC[C@@H]1CCCO1. The van der Waals surface area contributed by atoms with Crippen molar-refractivity contribution in [3.63, 3.8) is 0 Å². The van der Waals surface area contributed by atoms with E-state index in [0.29, 0.717) is 6.10 Å². The minimum absolute atomic E-state index is 0.274. The van der Waals surface area contributed by atoms with E-state index in [2.05, 4.69) is 46.4 Å². The van der Waals surface area contributed by atoms with Crippen LogP contribution in [0.2, 0.25) is 0 Å². The van der Waals surface area contributed by atoms with Gasteiger partial charge < -0.3 is 19.9 Å². The third-order valence-electron chi connectivity index (χ3n) is 5.10. The number of aromatic amines is 1. The van der Waals surface area contributed by atoms with Crippen LogP contribution in [0.15, 0.2) is 24.3 Å². The standard InChI is InChI=1S/C18H23N3OS/c1-12-17-15(14-6-2-3-7-16(14)20-17)8-9-21(12)18(23)19-11-13-5-4-10-22-13/h2-3,6-7,12-13,20H,4-5,8-11H2,1H3,(H,19,23)/t12-,13+/m1/s1. The van der Waals surface area contributed by atoms with Crippen LogP contribution in [-0.2, 0) is 11.2 Å². The first-order valence-corrected chi connectivity index (χ1v) is 8.90. The van der Waals surface area contributed by atoms with E-state index < -0.39 is 0 Å². The van der Waals surface area contributed by atoms with Gasteiger partial charge in [-0.05, 0) is 50.0 Å². The van der Waals surface area contributed by atoms with Gasteiger partial charge in [-0.1, -0.05) is 18.2 Å². The number of nitrogens with zero attached hydrogens (tertiary/aromatic N) is 1. The lowest BCUT2D eigenvalue weighted by molar-refractivity contribution is 0.113. The summed E-state index contributed by atoms with van der Waals surface area (Å²) in [6.07, 6.45) is 3.65. The number of rotatable bonds is 2. The average molecular weight is 329 g/mol. The van der Waals surface area contributed by atoms with Gasteiger partial charge in [-0.15, -0.1) is 0 Å². The number of aromatic nitrogens is 1. The fraction of sp³-hybridized carbons (Fsp3) is 0.500. The number of fused-ring (bicyclic) bond motifs is 3. The summed E-state index contributed by atoms with van der Waals surface area (Å²) in [5.74, 6) is 0. The van der Waals surface area contributed by atoms with Crippen molar-refractivity contribution in [2.24, 2.45) is 0 Å². The second kappa shape index (κ2) is 6.13. The lowest BCUT2D eigenvalue weighted by atomic mass is 9.99. The molecule has 2 aliphatic heterocycles. The molecule has 4 nitrogen and oxygen atoms in total. The first kappa shape index (κ1) is 15.0. The van der Waals surface area contributed by atoms with E-state index in [0.717, 1.165) is 44.1 Å². The van der Waals surface area contributed by atoms with Crippen molar-refractivity contribution in [1.29, 1.82) is 0 Å². The third-order valence-corrected chi connectivity index (χ3v) is 5.48. The highest BCUT2D eigenvalue weighted by Gasteiger charge is 2.29. The Morgan fingerprint density at radius 3 is 3.13 bits per heavy atom. The number of H-pyrrole nitrogens is 1. The first-order chi connectivity index (χ1) is 11.2. The van der Waals surface area contributed by atoms with Gasteiger partial charge in [0.15, 0.2) is 5.11 Å². The summed E-state index contributed by atoms with van der Waals surface area (Å²) in [5.41, 5.74) is 3.98. The van der Waals surface area contributed by atoms with Gasteiger partial charge in [-0.2, -0.15) is 0 Å². The number of hydrogen-bond acceptors (Lipinski definition) is 2. The molecule has 1 saturated heterocycles. The van der Waals surface area contributed by atoms with E-state index in [9.17, 15) is 0 Å². The van der Waals surface area contributed by atoms with Crippen LogP contribution in [0.3, 0.4) is 0 Å². The predicted octanol–water partition coefficient (Wildman–Crippen LogP) is 3.14. The molecule has 2 aliphatic rings. The number of ether oxygens (including phenoxy) is 1. The quantitative estimate of drug-likeness (QED) is 0.831. The molecule has 3 heterocycles. The normalized spacial score (nSPS) is 24.0. The lowest BCUT2D eigenvalue weighted by Crippen LogP contribution is -2.46. The third kappa shape index (κ3) is 2.72. The Kier molecular flexibility index (Phi) is 3.99. The minimum atomic E-state index is 0.274. The lowest BCUT2D eigenvalue weighted by Gasteiger charge is -2.36. The fourth-order valence-electron chi connectivity index (χ4n) is 3.81. The summed E-state index contributed by atoms with van der Waals surface area (Å²) in [6, 6.07) is 8.83. The molecule has 4 rings (SSSR count). The molecule has 23 heavy (non-hydrogen) atoms. The van der Waals surface area contributed by atoms with Crippen molar-refractivity contribution < 1.29 is 4.74 Å². The predicted molar refractivity (Wildman–Crippen MR) is 96.7 cm³/mol. The fourth-order valence-corrected chi connectivity index (χ4v) is 4.15. The Bertz CT molecular complexity index is 720. The topological polar surface area (TPSA) is 40.3 Å². The van der Waals surface area contributed by atoms with Crippen molar-refractivity contribution >= 4 is 28.2 Å². The summed E-state index contributed by atoms with van der Waals surface area (Å²) >= 11 is 5.64. The molecule has 122 valence electrons. The van der Waals surface area contributed by atoms with Gasteiger partial charge in [-0.3, -0.25) is 0 Å². The van der Waals surface area contributed by atoms with Crippen LogP contribution in [0.4, 0.5) is 0 Å². The maximum atomic E-state index is 5.67. The Morgan fingerprint density at radius 2 is 2.30 bits per heavy atom. The highest BCUT2D eigenvalue weighted by atomic mass is 32.1. The smallest absolute Gasteiger partial charge is 0.169 e. The first-order valence-electron chi connectivity index (χ1n) is 8.49. The molecule has 2 aromatic rings. The summed E-state index contributed by atoms with van der Waals surface area (Å²) < 4.78 is 5.67. The molecule has 0 radical (unpaired) electrons. The van der Waals surface area contributed by atoms with Gasteiger partial charge in [0.2, 0.25) is 0 Å². The summed E-state index contributed by atoms with van der Waals surface area (Å²) in [4.78, 5) is 5.89. The molecule has 0 unspecified atom stereocenters. The minimum Gasteiger partial charge on any atom is -0.376 e. The van der Waals surface area contributed by atoms with Crippen molar-refractivity contribution in [2.45, 2.75) is 38.3 Å². The molecule has 0 amide bonds. The van der Waals surface area contributed by atoms with Gasteiger partial charge in [0.25, 0.3) is 0 Å². The van der Waals surface area contributed by atoms with Gasteiger partial charge in [0.05, 0.1) is 12.1 Å². The number of para-hydroxylation sites is 1. The molecule has 0 spiro atoms. The molecule has 0 bridgehead atoms. The zero-order valence-electron chi connectivity index (χ0n) is 13.5. The van der Waals surface area contributed by atoms with Crippen LogP contribution in [0.1, 0.15) is 37.1 Å². The van der Waals surface area contributed by atoms with Crippen molar-refractivity contribution in [3.05, 3.63) is 35.5 Å². The van der Waals surface area contributed by atoms with E-state index in [1.807, 2.05) is 0 Å². The summed E-state index contributed by atoms with van der Waals surface area (Å²) in [7, 11) is 0. The molecule has 2 N–H and O–H groups in total. The van der Waals surface area contributed by atoms with E-state index >= 15 is 0 Å².